The van der Waals surface area contributed by atoms with Crippen LogP contribution in [0.15, 0.2) is 67.0 Å². The van der Waals surface area contributed by atoms with Gasteiger partial charge in [-0.15, -0.1) is 0 Å². The molecule has 0 bridgehead atoms. The zero-order valence-corrected chi connectivity index (χ0v) is 14.7. The van der Waals surface area contributed by atoms with Gasteiger partial charge in [0.2, 0.25) is 0 Å². The average Bonchev–Trinajstić information content (AvgIpc) is 3.13. The molecule has 3 rings (SSSR count). The molecule has 1 N–H and O–H groups in total. The summed E-state index contributed by atoms with van der Waals surface area (Å²) >= 11 is 0. The lowest BCUT2D eigenvalue weighted by Gasteiger charge is -2.09. The summed E-state index contributed by atoms with van der Waals surface area (Å²) in [5, 5.41) is 2.74. The summed E-state index contributed by atoms with van der Waals surface area (Å²) in [6, 6.07) is 16.6. The molecular formula is C21H20N2O3. The first-order valence-electron chi connectivity index (χ1n) is 8.30. The number of hydrogen-bond donors (Lipinski definition) is 1. The van der Waals surface area contributed by atoms with Gasteiger partial charge < -0.3 is 14.6 Å². The topological polar surface area (TPSA) is 60.3 Å². The summed E-state index contributed by atoms with van der Waals surface area (Å²) < 4.78 is 7.03. The fourth-order valence-corrected chi connectivity index (χ4v) is 2.73. The van der Waals surface area contributed by atoms with E-state index in [9.17, 15) is 9.59 Å². The summed E-state index contributed by atoms with van der Waals surface area (Å²) in [4.78, 5) is 24.1. The molecule has 1 amide bonds. The third kappa shape index (κ3) is 4.39. The Morgan fingerprint density at radius 3 is 2.19 bits per heavy atom. The number of amides is 1. The first kappa shape index (κ1) is 17.5. The normalized spacial score (nSPS) is 10.4. The van der Waals surface area contributed by atoms with Gasteiger partial charge in [-0.25, -0.2) is 4.79 Å². The number of nitrogens with zero attached hydrogens (tertiary/aromatic N) is 1. The summed E-state index contributed by atoms with van der Waals surface area (Å²) in [7, 11) is 0. The molecule has 0 saturated heterocycles. The number of carbonyl (C=O) groups is 2. The van der Waals surface area contributed by atoms with E-state index < -0.39 is 5.97 Å². The monoisotopic (exact) mass is 348 g/mol. The number of benzene rings is 2. The predicted molar refractivity (Wildman–Crippen MR) is 101 cm³/mol. The highest BCUT2D eigenvalue weighted by Crippen LogP contribution is 2.14. The Bertz CT molecular complexity index is 893. The van der Waals surface area contributed by atoms with E-state index in [-0.39, 0.29) is 12.5 Å². The van der Waals surface area contributed by atoms with Crippen molar-refractivity contribution in [1.29, 1.82) is 0 Å². The van der Waals surface area contributed by atoms with E-state index >= 15 is 0 Å². The Hall–Kier alpha value is -3.34. The number of ether oxygens (including phenoxy) is 1. The van der Waals surface area contributed by atoms with Gasteiger partial charge in [0.05, 0.1) is 5.56 Å². The first-order chi connectivity index (χ1) is 12.5. The molecule has 0 saturated carbocycles. The summed E-state index contributed by atoms with van der Waals surface area (Å²) in [5.41, 5.74) is 4.15. The molecule has 0 atom stereocenters. The van der Waals surface area contributed by atoms with Crippen LogP contribution in [0.3, 0.4) is 0 Å². The molecule has 5 heteroatoms. The third-order valence-corrected chi connectivity index (χ3v) is 3.85. The lowest BCUT2D eigenvalue weighted by Crippen LogP contribution is -2.21. The number of aryl methyl sites for hydroxylation is 2. The van der Waals surface area contributed by atoms with Crippen LogP contribution >= 0.6 is 0 Å². The Balaban J connectivity index is 1.55. The van der Waals surface area contributed by atoms with E-state index in [1.807, 2.05) is 73.3 Å². The molecule has 1 heterocycles. The van der Waals surface area contributed by atoms with Gasteiger partial charge in [-0.2, -0.15) is 0 Å². The van der Waals surface area contributed by atoms with E-state index in [0.29, 0.717) is 11.3 Å². The quantitative estimate of drug-likeness (QED) is 0.712. The number of anilines is 1. The van der Waals surface area contributed by atoms with Gasteiger partial charge >= 0.3 is 5.97 Å². The molecule has 3 aromatic rings. The lowest BCUT2D eigenvalue weighted by molar-refractivity contribution is -0.119. The highest BCUT2D eigenvalue weighted by Gasteiger charge is 2.11. The summed E-state index contributed by atoms with van der Waals surface area (Å²) in [5.74, 6) is -0.896. The highest BCUT2D eigenvalue weighted by atomic mass is 16.5. The van der Waals surface area contributed by atoms with Crippen LogP contribution in [0.1, 0.15) is 21.5 Å². The van der Waals surface area contributed by atoms with E-state index in [4.69, 9.17) is 4.74 Å². The van der Waals surface area contributed by atoms with Crippen molar-refractivity contribution in [1.82, 2.24) is 4.57 Å². The molecule has 2 aromatic carbocycles. The van der Waals surface area contributed by atoms with E-state index in [0.717, 1.165) is 16.8 Å². The highest BCUT2D eigenvalue weighted by molar-refractivity contribution is 5.95. The second-order valence-electron chi connectivity index (χ2n) is 6.14. The molecule has 0 spiro atoms. The van der Waals surface area contributed by atoms with Crippen LogP contribution < -0.4 is 5.32 Å². The van der Waals surface area contributed by atoms with Gasteiger partial charge in [-0.1, -0.05) is 6.07 Å². The third-order valence-electron chi connectivity index (χ3n) is 3.85. The van der Waals surface area contributed by atoms with Crippen LogP contribution in [0.5, 0.6) is 0 Å². The molecule has 26 heavy (non-hydrogen) atoms. The summed E-state index contributed by atoms with van der Waals surface area (Å²) in [6.07, 6.45) is 3.84. The fourth-order valence-electron chi connectivity index (χ4n) is 2.73. The number of aromatic nitrogens is 1. The smallest absolute Gasteiger partial charge is 0.338 e. The molecule has 0 unspecified atom stereocenters. The van der Waals surface area contributed by atoms with Gasteiger partial charge in [0, 0.05) is 23.8 Å². The second kappa shape index (κ2) is 7.70. The van der Waals surface area contributed by atoms with Gasteiger partial charge in [-0.3, -0.25) is 4.79 Å². The molecule has 0 fully saturated rings. The van der Waals surface area contributed by atoms with Gasteiger partial charge in [0.15, 0.2) is 6.61 Å². The molecule has 5 nitrogen and oxygen atoms in total. The standard InChI is InChI=1S/C21H20N2O3/c1-15-11-16(2)13-18(12-15)22-20(24)14-26-21(25)17-5-7-19(8-6-17)23-9-3-4-10-23/h3-13H,14H2,1-2H3,(H,22,24). The average molecular weight is 348 g/mol. The van der Waals surface area contributed by atoms with Crippen molar-refractivity contribution in [2.75, 3.05) is 11.9 Å². The zero-order valence-electron chi connectivity index (χ0n) is 14.7. The van der Waals surface area contributed by atoms with Crippen molar-refractivity contribution < 1.29 is 14.3 Å². The van der Waals surface area contributed by atoms with Crippen LogP contribution in [0, 0.1) is 13.8 Å². The fraction of sp³-hybridized carbons (Fsp3) is 0.143. The zero-order chi connectivity index (χ0) is 18.5. The molecule has 0 aliphatic heterocycles. The van der Waals surface area contributed by atoms with Crippen LogP contribution in [0.4, 0.5) is 5.69 Å². The lowest BCUT2D eigenvalue weighted by atomic mass is 10.1. The number of hydrogen-bond acceptors (Lipinski definition) is 3. The minimum atomic E-state index is -0.528. The maximum atomic E-state index is 12.1. The Morgan fingerprint density at radius 1 is 0.962 bits per heavy atom. The number of nitrogens with one attached hydrogen (secondary N) is 1. The van der Waals surface area contributed by atoms with Crippen LogP contribution in [0.25, 0.3) is 5.69 Å². The molecule has 132 valence electrons. The van der Waals surface area contributed by atoms with E-state index in [2.05, 4.69) is 5.32 Å². The van der Waals surface area contributed by atoms with Crippen LogP contribution in [-0.2, 0) is 9.53 Å². The first-order valence-corrected chi connectivity index (χ1v) is 8.30. The van der Waals surface area contributed by atoms with Crippen molar-refractivity contribution in [3.8, 4) is 5.69 Å². The Kier molecular flexibility index (Phi) is 5.17. The van der Waals surface area contributed by atoms with Crippen molar-refractivity contribution >= 4 is 17.6 Å². The van der Waals surface area contributed by atoms with Crippen LogP contribution in [0.2, 0.25) is 0 Å². The molecular weight excluding hydrogens is 328 g/mol. The van der Waals surface area contributed by atoms with Crippen LogP contribution in [-0.4, -0.2) is 23.1 Å². The minimum Gasteiger partial charge on any atom is -0.452 e. The maximum Gasteiger partial charge on any atom is 0.338 e. The number of carbonyl (C=O) groups excluding carboxylic acids is 2. The molecule has 0 aliphatic carbocycles. The minimum absolute atomic E-state index is 0.328. The maximum absolute atomic E-state index is 12.1. The summed E-state index contributed by atoms with van der Waals surface area (Å²) in [6.45, 7) is 3.59. The molecule has 0 aliphatic rings. The Labute approximate surface area is 152 Å². The molecule has 1 aromatic heterocycles. The van der Waals surface area contributed by atoms with Gasteiger partial charge in [0.1, 0.15) is 0 Å². The predicted octanol–water partition coefficient (Wildman–Crippen LogP) is 3.89. The molecule has 0 radical (unpaired) electrons. The van der Waals surface area contributed by atoms with Crippen molar-refractivity contribution in [3.05, 3.63) is 83.7 Å². The van der Waals surface area contributed by atoms with Gasteiger partial charge in [0.25, 0.3) is 5.91 Å². The van der Waals surface area contributed by atoms with Crippen molar-refractivity contribution in [2.45, 2.75) is 13.8 Å². The van der Waals surface area contributed by atoms with Gasteiger partial charge in [-0.05, 0) is 73.5 Å². The van der Waals surface area contributed by atoms with E-state index in [1.165, 1.54) is 0 Å². The second-order valence-corrected chi connectivity index (χ2v) is 6.14. The van der Waals surface area contributed by atoms with Crippen molar-refractivity contribution in [2.24, 2.45) is 0 Å². The largest absolute Gasteiger partial charge is 0.452 e. The number of esters is 1. The Morgan fingerprint density at radius 2 is 1.58 bits per heavy atom. The van der Waals surface area contributed by atoms with E-state index in [1.54, 1.807) is 12.1 Å². The SMILES string of the molecule is Cc1cc(C)cc(NC(=O)COC(=O)c2ccc(-n3cccc3)cc2)c1. The number of rotatable bonds is 5. The van der Waals surface area contributed by atoms with Crippen molar-refractivity contribution in [3.63, 3.8) is 0 Å².